The van der Waals surface area contributed by atoms with Crippen molar-refractivity contribution in [3.63, 3.8) is 0 Å². The van der Waals surface area contributed by atoms with Crippen molar-refractivity contribution < 1.29 is 14.6 Å². The summed E-state index contributed by atoms with van der Waals surface area (Å²) < 4.78 is 11.1. The van der Waals surface area contributed by atoms with E-state index in [0.29, 0.717) is 13.2 Å². The highest BCUT2D eigenvalue weighted by molar-refractivity contribution is 5.44. The van der Waals surface area contributed by atoms with Crippen LogP contribution in [0.25, 0.3) is 0 Å². The van der Waals surface area contributed by atoms with E-state index in [1.165, 1.54) is 0 Å². The van der Waals surface area contributed by atoms with Crippen LogP contribution in [0.3, 0.4) is 0 Å². The van der Waals surface area contributed by atoms with Crippen molar-refractivity contribution in [3.05, 3.63) is 23.8 Å². The molecule has 1 rings (SSSR count). The van der Waals surface area contributed by atoms with E-state index in [1.807, 2.05) is 32.0 Å². The first-order valence-corrected chi connectivity index (χ1v) is 6.27. The smallest absolute Gasteiger partial charge is 0.161 e. The minimum Gasteiger partial charge on any atom is -0.490 e. The van der Waals surface area contributed by atoms with Crippen LogP contribution in [-0.4, -0.2) is 24.9 Å². The summed E-state index contributed by atoms with van der Waals surface area (Å²) >= 11 is 0. The van der Waals surface area contributed by atoms with Crippen LogP contribution in [0.2, 0.25) is 0 Å². The maximum absolute atomic E-state index is 9.30. The molecule has 0 fully saturated rings. The van der Waals surface area contributed by atoms with Crippen LogP contribution in [0, 0.1) is 0 Å². The van der Waals surface area contributed by atoms with E-state index in [-0.39, 0.29) is 12.5 Å². The van der Waals surface area contributed by atoms with Gasteiger partial charge in [0, 0.05) is 12.5 Å². The highest BCUT2D eigenvalue weighted by atomic mass is 16.5. The van der Waals surface area contributed by atoms with Crippen molar-refractivity contribution in [1.29, 1.82) is 0 Å². The molecule has 1 aromatic rings. The Bertz CT molecular complexity index is 332. The molecule has 0 aliphatic heterocycles. The first-order valence-electron chi connectivity index (χ1n) is 6.27. The van der Waals surface area contributed by atoms with Gasteiger partial charge in [0.2, 0.25) is 0 Å². The Labute approximate surface area is 103 Å². The predicted molar refractivity (Wildman–Crippen MR) is 68.9 cm³/mol. The normalized spacial score (nSPS) is 12.2. The van der Waals surface area contributed by atoms with E-state index in [4.69, 9.17) is 9.47 Å². The molecule has 1 atom stereocenters. The molecule has 1 N–H and O–H groups in total. The van der Waals surface area contributed by atoms with Crippen molar-refractivity contribution in [2.24, 2.45) is 0 Å². The Morgan fingerprint density at radius 3 is 2.24 bits per heavy atom. The van der Waals surface area contributed by atoms with Crippen molar-refractivity contribution in [2.75, 3.05) is 19.8 Å². The summed E-state index contributed by atoms with van der Waals surface area (Å²) in [4.78, 5) is 0. The van der Waals surface area contributed by atoms with Gasteiger partial charge in [0.15, 0.2) is 11.5 Å². The largest absolute Gasteiger partial charge is 0.490 e. The van der Waals surface area contributed by atoms with E-state index >= 15 is 0 Å². The average molecular weight is 238 g/mol. The molecule has 1 aromatic carbocycles. The summed E-state index contributed by atoms with van der Waals surface area (Å²) in [6.07, 6.45) is 0.913. The number of aliphatic hydroxyl groups is 1. The molecule has 0 saturated heterocycles. The van der Waals surface area contributed by atoms with Gasteiger partial charge in [-0.05, 0) is 38.0 Å². The summed E-state index contributed by atoms with van der Waals surface area (Å²) in [7, 11) is 0. The fourth-order valence-electron chi connectivity index (χ4n) is 1.79. The lowest BCUT2D eigenvalue weighted by Crippen LogP contribution is -2.04. The number of ether oxygens (including phenoxy) is 2. The molecule has 0 aliphatic rings. The van der Waals surface area contributed by atoms with Gasteiger partial charge in [0.1, 0.15) is 0 Å². The van der Waals surface area contributed by atoms with E-state index in [9.17, 15) is 5.11 Å². The summed E-state index contributed by atoms with van der Waals surface area (Å²) in [6, 6.07) is 5.89. The molecule has 0 aliphatic carbocycles. The van der Waals surface area contributed by atoms with E-state index < -0.39 is 0 Å². The highest BCUT2D eigenvalue weighted by Crippen LogP contribution is 2.32. The van der Waals surface area contributed by atoms with E-state index in [2.05, 4.69) is 6.92 Å². The Morgan fingerprint density at radius 1 is 1.06 bits per heavy atom. The average Bonchev–Trinajstić information content (AvgIpc) is 2.34. The maximum Gasteiger partial charge on any atom is 0.161 e. The lowest BCUT2D eigenvalue weighted by molar-refractivity contribution is 0.260. The fraction of sp³-hybridized carbons (Fsp3) is 0.571. The number of benzene rings is 1. The lowest BCUT2D eigenvalue weighted by atomic mass is 9.97. The first kappa shape index (κ1) is 13.8. The van der Waals surface area contributed by atoms with E-state index in [1.54, 1.807) is 0 Å². The Kier molecular flexibility index (Phi) is 5.84. The number of rotatable bonds is 7. The molecule has 0 aromatic heterocycles. The van der Waals surface area contributed by atoms with Crippen molar-refractivity contribution in [2.45, 2.75) is 33.1 Å². The number of hydrogen-bond acceptors (Lipinski definition) is 3. The quantitative estimate of drug-likeness (QED) is 0.793. The molecule has 1 unspecified atom stereocenters. The summed E-state index contributed by atoms with van der Waals surface area (Å²) in [5.74, 6) is 1.70. The second-order valence-electron chi connectivity index (χ2n) is 3.86. The summed E-state index contributed by atoms with van der Waals surface area (Å²) in [5, 5.41) is 9.30. The van der Waals surface area contributed by atoms with Gasteiger partial charge in [-0.25, -0.2) is 0 Å². The van der Waals surface area contributed by atoms with Crippen molar-refractivity contribution in [1.82, 2.24) is 0 Å². The van der Waals surface area contributed by atoms with Crippen molar-refractivity contribution in [3.8, 4) is 11.5 Å². The predicted octanol–water partition coefficient (Wildman–Crippen LogP) is 2.97. The van der Waals surface area contributed by atoms with Gasteiger partial charge in [-0.1, -0.05) is 13.0 Å². The highest BCUT2D eigenvalue weighted by Gasteiger charge is 2.12. The SMILES string of the molecule is CCOc1ccc(C(CC)CO)cc1OCC. The Morgan fingerprint density at radius 2 is 1.71 bits per heavy atom. The van der Waals surface area contributed by atoms with Gasteiger partial charge >= 0.3 is 0 Å². The van der Waals surface area contributed by atoms with Crippen LogP contribution in [0.1, 0.15) is 38.7 Å². The number of aliphatic hydroxyl groups excluding tert-OH is 1. The molecule has 0 bridgehead atoms. The fourth-order valence-corrected chi connectivity index (χ4v) is 1.79. The van der Waals surface area contributed by atoms with Crippen LogP contribution in [0.15, 0.2) is 18.2 Å². The molecule has 3 heteroatoms. The minimum atomic E-state index is 0.163. The van der Waals surface area contributed by atoms with Gasteiger partial charge in [-0.3, -0.25) is 0 Å². The molecule has 0 spiro atoms. The van der Waals surface area contributed by atoms with Crippen LogP contribution >= 0.6 is 0 Å². The molecule has 0 heterocycles. The molecular formula is C14H22O3. The van der Waals surface area contributed by atoms with E-state index in [0.717, 1.165) is 23.5 Å². The van der Waals surface area contributed by atoms with Crippen molar-refractivity contribution >= 4 is 0 Å². The third-order valence-electron chi connectivity index (χ3n) is 2.75. The van der Waals surface area contributed by atoms with Crippen LogP contribution in [0.4, 0.5) is 0 Å². The van der Waals surface area contributed by atoms with Gasteiger partial charge in [-0.2, -0.15) is 0 Å². The van der Waals surface area contributed by atoms with Crippen LogP contribution in [0.5, 0.6) is 11.5 Å². The number of hydrogen-bond donors (Lipinski definition) is 1. The molecule has 17 heavy (non-hydrogen) atoms. The Hall–Kier alpha value is -1.22. The second kappa shape index (κ2) is 7.17. The molecular weight excluding hydrogens is 216 g/mol. The third-order valence-corrected chi connectivity index (χ3v) is 2.75. The summed E-state index contributed by atoms with van der Waals surface area (Å²) in [6.45, 7) is 7.36. The molecule has 96 valence electrons. The summed E-state index contributed by atoms with van der Waals surface area (Å²) in [5.41, 5.74) is 1.10. The molecule has 3 nitrogen and oxygen atoms in total. The maximum atomic E-state index is 9.30. The van der Waals surface area contributed by atoms with Gasteiger partial charge in [-0.15, -0.1) is 0 Å². The monoisotopic (exact) mass is 238 g/mol. The zero-order valence-corrected chi connectivity index (χ0v) is 10.9. The van der Waals surface area contributed by atoms with Crippen LogP contribution < -0.4 is 9.47 Å². The molecule has 0 radical (unpaired) electrons. The van der Waals surface area contributed by atoms with Gasteiger partial charge < -0.3 is 14.6 Å². The lowest BCUT2D eigenvalue weighted by Gasteiger charge is -2.16. The standard InChI is InChI=1S/C14H22O3/c1-4-11(10-15)12-7-8-13(16-5-2)14(9-12)17-6-3/h7-9,11,15H,4-6,10H2,1-3H3. The molecule has 0 saturated carbocycles. The third kappa shape index (κ3) is 3.63. The van der Waals surface area contributed by atoms with Crippen LogP contribution in [-0.2, 0) is 0 Å². The zero-order chi connectivity index (χ0) is 12.7. The zero-order valence-electron chi connectivity index (χ0n) is 10.9. The second-order valence-corrected chi connectivity index (χ2v) is 3.86. The first-order chi connectivity index (χ1) is 8.26. The minimum absolute atomic E-state index is 0.163. The van der Waals surface area contributed by atoms with Gasteiger partial charge in [0.25, 0.3) is 0 Å². The Balaban J connectivity index is 2.99. The topological polar surface area (TPSA) is 38.7 Å². The molecule has 0 amide bonds. The van der Waals surface area contributed by atoms with Gasteiger partial charge in [0.05, 0.1) is 13.2 Å².